The number of aromatic nitrogens is 1. The normalized spacial score (nSPS) is 24.9. The standard InChI is InChI=1S/C24H36N2O8/c1-3-4-5-6-7-8-11-32-22-21(15-10-9-14(25)12-16(15)26(2)23(22)31)34-24-20(30)19(29)18(28)17(13-27)33-24/h9-10,12,17-20,24,27-30H,3-8,11,13,25H2,1-2H3/t17-,18-,19+,20-,24+/m1/s1. The van der Waals surface area contributed by atoms with Gasteiger partial charge in [0.1, 0.15) is 24.4 Å². The third-order valence-corrected chi connectivity index (χ3v) is 6.16. The summed E-state index contributed by atoms with van der Waals surface area (Å²) in [6.07, 6.45) is -1.07. The van der Waals surface area contributed by atoms with E-state index in [1.165, 1.54) is 11.0 Å². The van der Waals surface area contributed by atoms with Crippen LogP contribution >= 0.6 is 0 Å². The minimum Gasteiger partial charge on any atom is -0.485 e. The number of nitrogens with two attached hydrogens (primary N) is 1. The Hall–Kier alpha value is -2.37. The molecule has 2 heterocycles. The van der Waals surface area contributed by atoms with Gasteiger partial charge in [-0.25, -0.2) is 0 Å². The SMILES string of the molecule is CCCCCCCCOc1c(O[C@@H]2O[C@H](CO)[C@@H](O)[C@H](O)[C@H]2O)c2ccc(N)cc2n(C)c1=O. The van der Waals surface area contributed by atoms with Gasteiger partial charge in [-0.2, -0.15) is 0 Å². The number of hydrogen-bond donors (Lipinski definition) is 5. The van der Waals surface area contributed by atoms with Crippen LogP contribution in [0, 0.1) is 0 Å². The highest BCUT2D eigenvalue weighted by Gasteiger charge is 2.45. The summed E-state index contributed by atoms with van der Waals surface area (Å²) in [6, 6.07) is 4.93. The third-order valence-electron chi connectivity index (χ3n) is 6.16. The third kappa shape index (κ3) is 5.64. The van der Waals surface area contributed by atoms with Crippen LogP contribution in [0.1, 0.15) is 45.4 Å². The zero-order valence-electron chi connectivity index (χ0n) is 19.7. The van der Waals surface area contributed by atoms with E-state index in [0.29, 0.717) is 23.2 Å². The quantitative estimate of drug-likeness (QED) is 0.234. The summed E-state index contributed by atoms with van der Waals surface area (Å²) in [4.78, 5) is 13.2. The average molecular weight is 481 g/mol. The predicted octanol–water partition coefficient (Wildman–Crippen LogP) is 1.04. The molecule has 1 aliphatic heterocycles. The molecule has 5 atom stereocenters. The molecule has 2 aromatic rings. The first-order chi connectivity index (χ1) is 16.3. The van der Waals surface area contributed by atoms with Crippen molar-refractivity contribution in [2.45, 2.75) is 76.2 Å². The number of fused-ring (bicyclic) bond motifs is 1. The molecule has 0 unspecified atom stereocenters. The maximum atomic E-state index is 13.2. The molecule has 10 heteroatoms. The van der Waals surface area contributed by atoms with Crippen molar-refractivity contribution in [1.82, 2.24) is 4.57 Å². The van der Waals surface area contributed by atoms with Crippen LogP contribution in [0.2, 0.25) is 0 Å². The Morgan fingerprint density at radius 1 is 1.03 bits per heavy atom. The second-order valence-corrected chi connectivity index (χ2v) is 8.73. The van der Waals surface area contributed by atoms with Crippen LogP contribution < -0.4 is 20.8 Å². The number of rotatable bonds is 11. The second kappa shape index (κ2) is 11.9. The molecular formula is C24H36N2O8. The summed E-state index contributed by atoms with van der Waals surface area (Å²) in [6.45, 7) is 1.86. The Morgan fingerprint density at radius 3 is 2.44 bits per heavy atom. The predicted molar refractivity (Wildman–Crippen MR) is 127 cm³/mol. The Balaban J connectivity index is 1.92. The highest BCUT2D eigenvalue weighted by atomic mass is 16.7. The lowest BCUT2D eigenvalue weighted by atomic mass is 9.99. The van der Waals surface area contributed by atoms with E-state index in [4.69, 9.17) is 19.9 Å². The molecule has 1 aliphatic rings. The van der Waals surface area contributed by atoms with E-state index in [9.17, 15) is 25.2 Å². The number of unbranched alkanes of at least 4 members (excludes halogenated alkanes) is 5. The topological polar surface area (TPSA) is 157 Å². The Bertz CT molecular complexity index is 1010. The first-order valence-corrected chi connectivity index (χ1v) is 11.8. The van der Waals surface area contributed by atoms with Crippen molar-refractivity contribution in [3.05, 3.63) is 28.6 Å². The Labute approximate surface area is 198 Å². The van der Waals surface area contributed by atoms with Crippen LogP contribution in [-0.2, 0) is 11.8 Å². The number of nitrogens with zero attached hydrogens (tertiary/aromatic N) is 1. The first kappa shape index (κ1) is 26.2. The lowest BCUT2D eigenvalue weighted by Gasteiger charge is -2.39. The van der Waals surface area contributed by atoms with Crippen LogP contribution in [0.4, 0.5) is 5.69 Å². The molecule has 1 aromatic carbocycles. The lowest BCUT2D eigenvalue weighted by Crippen LogP contribution is -2.60. The van der Waals surface area contributed by atoms with E-state index in [-0.39, 0.29) is 11.5 Å². The first-order valence-electron chi connectivity index (χ1n) is 11.8. The van der Waals surface area contributed by atoms with Gasteiger partial charge in [0.2, 0.25) is 12.0 Å². The fourth-order valence-corrected chi connectivity index (χ4v) is 4.08. The van der Waals surface area contributed by atoms with Crippen LogP contribution in [-0.4, -0.2) is 68.9 Å². The number of pyridine rings is 1. The van der Waals surface area contributed by atoms with E-state index in [0.717, 1.165) is 32.1 Å². The van der Waals surface area contributed by atoms with Crippen molar-refractivity contribution in [1.29, 1.82) is 0 Å². The number of aryl methyl sites for hydroxylation is 1. The molecule has 1 aromatic heterocycles. The van der Waals surface area contributed by atoms with Crippen molar-refractivity contribution < 1.29 is 34.6 Å². The van der Waals surface area contributed by atoms with Gasteiger partial charge >= 0.3 is 0 Å². The van der Waals surface area contributed by atoms with Gasteiger partial charge < -0.3 is 44.9 Å². The number of hydrogen-bond acceptors (Lipinski definition) is 9. The lowest BCUT2D eigenvalue weighted by molar-refractivity contribution is -0.277. The zero-order valence-corrected chi connectivity index (χ0v) is 19.7. The fraction of sp³-hybridized carbons (Fsp3) is 0.625. The molecule has 190 valence electrons. The molecule has 0 saturated carbocycles. The van der Waals surface area contributed by atoms with Crippen molar-refractivity contribution in [3.63, 3.8) is 0 Å². The van der Waals surface area contributed by atoms with E-state index >= 15 is 0 Å². The number of aliphatic hydroxyl groups excluding tert-OH is 4. The Morgan fingerprint density at radius 2 is 1.74 bits per heavy atom. The molecule has 0 bridgehead atoms. The van der Waals surface area contributed by atoms with Gasteiger partial charge in [0.15, 0.2) is 5.75 Å². The van der Waals surface area contributed by atoms with Crippen molar-refractivity contribution in [2.75, 3.05) is 18.9 Å². The number of ether oxygens (including phenoxy) is 3. The van der Waals surface area contributed by atoms with Gasteiger partial charge in [0.25, 0.3) is 5.56 Å². The van der Waals surface area contributed by atoms with Gasteiger partial charge in [-0.05, 0) is 24.6 Å². The highest BCUT2D eigenvalue weighted by Crippen LogP contribution is 2.36. The average Bonchev–Trinajstić information content (AvgIpc) is 2.83. The van der Waals surface area contributed by atoms with Crippen molar-refractivity contribution in [2.24, 2.45) is 7.05 Å². The number of aliphatic hydroxyl groups is 4. The summed E-state index contributed by atoms with van der Waals surface area (Å²) >= 11 is 0. The molecule has 1 saturated heterocycles. The van der Waals surface area contributed by atoms with E-state index in [1.807, 2.05) is 0 Å². The molecule has 0 amide bonds. The maximum Gasteiger partial charge on any atom is 0.297 e. The molecule has 6 N–H and O–H groups in total. The van der Waals surface area contributed by atoms with E-state index < -0.39 is 42.9 Å². The minimum absolute atomic E-state index is 0.0356. The monoisotopic (exact) mass is 480 g/mol. The summed E-state index contributed by atoms with van der Waals surface area (Å²) in [5.41, 5.74) is 6.39. The molecule has 10 nitrogen and oxygen atoms in total. The molecule has 1 fully saturated rings. The molecule has 0 aliphatic carbocycles. The van der Waals surface area contributed by atoms with Crippen LogP contribution in [0.5, 0.6) is 11.5 Å². The van der Waals surface area contributed by atoms with Gasteiger partial charge in [-0.3, -0.25) is 4.79 Å². The number of anilines is 1. The summed E-state index contributed by atoms with van der Waals surface area (Å²) in [5, 5.41) is 40.6. The van der Waals surface area contributed by atoms with Crippen molar-refractivity contribution >= 4 is 16.6 Å². The minimum atomic E-state index is -1.63. The fourth-order valence-electron chi connectivity index (χ4n) is 4.08. The van der Waals surface area contributed by atoms with E-state index in [2.05, 4.69) is 6.92 Å². The highest BCUT2D eigenvalue weighted by molar-refractivity contribution is 5.90. The Kier molecular flexibility index (Phi) is 9.15. The van der Waals surface area contributed by atoms with Gasteiger partial charge in [-0.15, -0.1) is 0 Å². The zero-order chi connectivity index (χ0) is 24.8. The maximum absolute atomic E-state index is 13.2. The van der Waals surface area contributed by atoms with Crippen molar-refractivity contribution in [3.8, 4) is 11.5 Å². The largest absolute Gasteiger partial charge is 0.485 e. The number of nitrogen functional groups attached to an aromatic ring is 1. The molecule has 0 spiro atoms. The second-order valence-electron chi connectivity index (χ2n) is 8.73. The summed E-state index contributed by atoms with van der Waals surface area (Å²) < 4.78 is 18.7. The number of benzene rings is 1. The van der Waals surface area contributed by atoms with Gasteiger partial charge in [0.05, 0.1) is 18.7 Å². The summed E-state index contributed by atoms with van der Waals surface area (Å²) in [7, 11) is 1.60. The van der Waals surface area contributed by atoms with E-state index in [1.54, 1.807) is 25.2 Å². The smallest absolute Gasteiger partial charge is 0.297 e. The van der Waals surface area contributed by atoms with Crippen LogP contribution in [0.3, 0.4) is 0 Å². The molecular weight excluding hydrogens is 444 g/mol. The molecule has 0 radical (unpaired) electrons. The molecule has 3 rings (SSSR count). The van der Waals surface area contributed by atoms with Gasteiger partial charge in [0, 0.05) is 18.1 Å². The van der Waals surface area contributed by atoms with Crippen LogP contribution in [0.25, 0.3) is 10.9 Å². The summed E-state index contributed by atoms with van der Waals surface area (Å²) in [5.74, 6) is -0.0151. The van der Waals surface area contributed by atoms with Gasteiger partial charge in [-0.1, -0.05) is 39.0 Å². The van der Waals surface area contributed by atoms with Crippen LogP contribution in [0.15, 0.2) is 23.0 Å². The molecule has 34 heavy (non-hydrogen) atoms.